The normalized spacial score (nSPS) is 12.0. The minimum absolute atomic E-state index is 0.196. The number of para-hydroxylation sites is 1. The predicted octanol–water partition coefficient (Wildman–Crippen LogP) is 1.72. The van der Waals surface area contributed by atoms with Crippen LogP contribution in [0.25, 0.3) is 10.9 Å². The monoisotopic (exact) mass is 304 g/mol. The minimum Gasteiger partial charge on any atom is -0.361 e. The van der Waals surface area contributed by atoms with E-state index >= 15 is 0 Å². The van der Waals surface area contributed by atoms with E-state index in [4.69, 9.17) is 0 Å². The Bertz CT molecular complexity index is 864. The van der Waals surface area contributed by atoms with Crippen molar-refractivity contribution >= 4 is 20.9 Å². The molecule has 2 heterocycles. The zero-order chi connectivity index (χ0) is 14.9. The highest BCUT2D eigenvalue weighted by Gasteiger charge is 2.17. The molecule has 2 aromatic heterocycles. The lowest BCUT2D eigenvalue weighted by atomic mass is 10.1. The van der Waals surface area contributed by atoms with Gasteiger partial charge in [-0.3, -0.25) is 5.10 Å². The summed E-state index contributed by atoms with van der Waals surface area (Å²) in [4.78, 5) is 3.38. The van der Waals surface area contributed by atoms with E-state index in [9.17, 15) is 8.42 Å². The molecule has 7 heteroatoms. The van der Waals surface area contributed by atoms with Crippen molar-refractivity contribution in [3.05, 3.63) is 47.9 Å². The third-order valence-electron chi connectivity index (χ3n) is 3.43. The van der Waals surface area contributed by atoms with Gasteiger partial charge in [0.25, 0.3) is 0 Å². The Morgan fingerprint density at radius 2 is 2.10 bits per heavy atom. The van der Waals surface area contributed by atoms with Crippen LogP contribution in [-0.2, 0) is 16.4 Å². The van der Waals surface area contributed by atoms with Crippen molar-refractivity contribution < 1.29 is 8.42 Å². The van der Waals surface area contributed by atoms with Crippen molar-refractivity contribution in [2.24, 2.45) is 0 Å². The van der Waals surface area contributed by atoms with Crippen LogP contribution >= 0.6 is 0 Å². The van der Waals surface area contributed by atoms with Gasteiger partial charge in [0, 0.05) is 23.6 Å². The number of aromatic amines is 2. The Balaban J connectivity index is 1.70. The molecule has 0 fully saturated rings. The molecule has 0 saturated carbocycles. The lowest BCUT2D eigenvalue weighted by Gasteiger charge is -2.05. The highest BCUT2D eigenvalue weighted by atomic mass is 32.2. The van der Waals surface area contributed by atoms with Gasteiger partial charge in [0.05, 0.1) is 11.9 Å². The van der Waals surface area contributed by atoms with E-state index in [-0.39, 0.29) is 4.90 Å². The summed E-state index contributed by atoms with van der Waals surface area (Å²) in [7, 11) is -3.51. The number of aryl methyl sites for hydroxylation is 1. The van der Waals surface area contributed by atoms with Gasteiger partial charge in [-0.1, -0.05) is 18.2 Å². The molecule has 0 saturated heterocycles. The van der Waals surface area contributed by atoms with Crippen molar-refractivity contribution in [3.63, 3.8) is 0 Å². The lowest BCUT2D eigenvalue weighted by molar-refractivity contribution is 0.581. The van der Waals surface area contributed by atoms with E-state index in [1.54, 1.807) is 6.92 Å². The molecule has 6 nitrogen and oxygen atoms in total. The summed E-state index contributed by atoms with van der Waals surface area (Å²) >= 11 is 0. The Hall–Kier alpha value is -2.12. The fourth-order valence-corrected chi connectivity index (χ4v) is 3.51. The van der Waals surface area contributed by atoms with Crippen molar-refractivity contribution in [1.29, 1.82) is 0 Å². The molecular weight excluding hydrogens is 288 g/mol. The first-order valence-electron chi connectivity index (χ1n) is 6.62. The molecule has 3 rings (SSSR count). The number of fused-ring (bicyclic) bond motifs is 1. The van der Waals surface area contributed by atoms with Crippen molar-refractivity contribution in [3.8, 4) is 0 Å². The second-order valence-electron chi connectivity index (χ2n) is 4.87. The van der Waals surface area contributed by atoms with Crippen molar-refractivity contribution in [1.82, 2.24) is 19.9 Å². The molecule has 0 aliphatic heterocycles. The first kappa shape index (κ1) is 13.8. The van der Waals surface area contributed by atoms with E-state index in [0.29, 0.717) is 18.7 Å². The smallest absolute Gasteiger partial charge is 0.243 e. The summed E-state index contributed by atoms with van der Waals surface area (Å²) in [6, 6.07) is 7.96. The molecule has 0 atom stereocenters. The molecule has 21 heavy (non-hydrogen) atoms. The van der Waals surface area contributed by atoms with Gasteiger partial charge >= 0.3 is 0 Å². The first-order chi connectivity index (χ1) is 10.1. The van der Waals surface area contributed by atoms with Crippen LogP contribution in [0.2, 0.25) is 0 Å². The third-order valence-corrected chi connectivity index (χ3v) is 5.01. The van der Waals surface area contributed by atoms with Gasteiger partial charge in [-0.25, -0.2) is 13.1 Å². The maximum absolute atomic E-state index is 12.1. The first-order valence-corrected chi connectivity index (χ1v) is 8.11. The van der Waals surface area contributed by atoms with Gasteiger partial charge in [-0.2, -0.15) is 5.10 Å². The fraction of sp³-hybridized carbons (Fsp3) is 0.214. The van der Waals surface area contributed by atoms with Crippen LogP contribution in [-0.4, -0.2) is 30.1 Å². The summed E-state index contributed by atoms with van der Waals surface area (Å²) in [5.41, 5.74) is 2.69. The van der Waals surface area contributed by atoms with E-state index in [0.717, 1.165) is 16.5 Å². The topological polar surface area (TPSA) is 90.6 Å². The molecule has 0 bridgehead atoms. The van der Waals surface area contributed by atoms with Crippen LogP contribution in [0, 0.1) is 6.92 Å². The molecule has 0 aliphatic carbocycles. The number of sulfonamides is 1. The average Bonchev–Trinajstić information content (AvgIpc) is 3.06. The maximum atomic E-state index is 12.1. The average molecular weight is 304 g/mol. The third kappa shape index (κ3) is 2.70. The number of aromatic nitrogens is 3. The standard InChI is InChI=1S/C14H16N4O2S/c1-10-14(9-16-18-10)21(19,20)17-7-6-11-8-15-13-5-3-2-4-12(11)13/h2-5,8-9,15,17H,6-7H2,1H3,(H,16,18). The Labute approximate surface area is 122 Å². The zero-order valence-electron chi connectivity index (χ0n) is 11.6. The van der Waals surface area contributed by atoms with Gasteiger partial charge in [-0.05, 0) is 25.0 Å². The number of hydrogen-bond acceptors (Lipinski definition) is 3. The highest BCUT2D eigenvalue weighted by molar-refractivity contribution is 7.89. The number of nitrogens with one attached hydrogen (secondary N) is 3. The SMILES string of the molecule is Cc1[nH]ncc1S(=O)(=O)NCCc1c[nH]c2ccccc12. The quantitative estimate of drug-likeness (QED) is 0.670. The van der Waals surface area contributed by atoms with Crippen LogP contribution in [0.4, 0.5) is 0 Å². The molecule has 0 amide bonds. The van der Waals surface area contributed by atoms with Crippen LogP contribution < -0.4 is 4.72 Å². The molecular formula is C14H16N4O2S. The summed E-state index contributed by atoms with van der Waals surface area (Å²) in [6.45, 7) is 2.02. The highest BCUT2D eigenvalue weighted by Crippen LogP contribution is 2.18. The summed E-state index contributed by atoms with van der Waals surface area (Å²) < 4.78 is 26.9. The molecule has 0 aliphatic rings. The number of hydrogen-bond donors (Lipinski definition) is 3. The minimum atomic E-state index is -3.51. The second kappa shape index (κ2) is 5.34. The van der Waals surface area contributed by atoms with Gasteiger partial charge < -0.3 is 4.98 Å². The van der Waals surface area contributed by atoms with Crippen molar-refractivity contribution in [2.75, 3.05) is 6.54 Å². The van der Waals surface area contributed by atoms with E-state index in [1.165, 1.54) is 6.20 Å². The van der Waals surface area contributed by atoms with Crippen LogP contribution in [0.5, 0.6) is 0 Å². The molecule has 3 N–H and O–H groups in total. The van der Waals surface area contributed by atoms with Crippen LogP contribution in [0.15, 0.2) is 41.6 Å². The molecule has 110 valence electrons. The van der Waals surface area contributed by atoms with Gasteiger partial charge in [0.15, 0.2) is 0 Å². The number of benzene rings is 1. The summed E-state index contributed by atoms with van der Waals surface area (Å²) in [5.74, 6) is 0. The van der Waals surface area contributed by atoms with E-state index in [2.05, 4.69) is 19.9 Å². The molecule has 0 spiro atoms. The largest absolute Gasteiger partial charge is 0.361 e. The molecule has 1 aromatic carbocycles. The maximum Gasteiger partial charge on any atom is 0.243 e. The number of rotatable bonds is 5. The Kier molecular flexibility index (Phi) is 3.52. The molecule has 0 unspecified atom stereocenters. The fourth-order valence-electron chi connectivity index (χ4n) is 2.35. The van der Waals surface area contributed by atoms with E-state index in [1.807, 2.05) is 30.5 Å². The van der Waals surface area contributed by atoms with Gasteiger partial charge in [0.1, 0.15) is 4.90 Å². The van der Waals surface area contributed by atoms with Crippen molar-refractivity contribution in [2.45, 2.75) is 18.2 Å². The molecule has 0 radical (unpaired) electrons. The lowest BCUT2D eigenvalue weighted by Crippen LogP contribution is -2.26. The van der Waals surface area contributed by atoms with Gasteiger partial charge in [-0.15, -0.1) is 0 Å². The second-order valence-corrected chi connectivity index (χ2v) is 6.60. The summed E-state index contributed by atoms with van der Waals surface area (Å²) in [6.07, 6.45) is 3.87. The molecule has 3 aromatic rings. The number of nitrogens with zero attached hydrogens (tertiary/aromatic N) is 1. The Morgan fingerprint density at radius 1 is 1.29 bits per heavy atom. The Morgan fingerprint density at radius 3 is 2.86 bits per heavy atom. The van der Waals surface area contributed by atoms with E-state index < -0.39 is 10.0 Å². The van der Waals surface area contributed by atoms with Crippen LogP contribution in [0.3, 0.4) is 0 Å². The van der Waals surface area contributed by atoms with Gasteiger partial charge in [0.2, 0.25) is 10.0 Å². The predicted molar refractivity (Wildman–Crippen MR) is 80.5 cm³/mol. The summed E-state index contributed by atoms with van der Waals surface area (Å²) in [5, 5.41) is 7.49. The zero-order valence-corrected chi connectivity index (χ0v) is 12.4. The van der Waals surface area contributed by atoms with Crippen LogP contribution in [0.1, 0.15) is 11.3 Å². The number of H-pyrrole nitrogens is 2.